The van der Waals surface area contributed by atoms with Crippen molar-refractivity contribution in [1.82, 2.24) is 5.32 Å². The van der Waals surface area contributed by atoms with E-state index in [1.165, 1.54) is 25.7 Å². The first-order valence-corrected chi connectivity index (χ1v) is 6.77. The van der Waals surface area contributed by atoms with E-state index in [1.54, 1.807) is 18.2 Å². The summed E-state index contributed by atoms with van der Waals surface area (Å²) in [6.45, 7) is 2.95. The number of nitrogen functional groups attached to an aromatic ring is 1. The molecule has 1 fully saturated rings. The Morgan fingerprint density at radius 3 is 2.78 bits per heavy atom. The minimum absolute atomic E-state index is 0.0701. The molecule has 2 rings (SSSR count). The number of halogens is 1. The molecule has 3 N–H and O–H groups in total. The van der Waals surface area contributed by atoms with E-state index >= 15 is 0 Å². The van der Waals surface area contributed by atoms with Crippen LogP contribution in [0.3, 0.4) is 0 Å². The SMILES string of the molecule is CCCC1(CNC(=O)c2ccc(N)c(Cl)c2)CC1. The van der Waals surface area contributed by atoms with Crippen LogP contribution in [0.2, 0.25) is 5.02 Å². The van der Waals surface area contributed by atoms with Crippen molar-refractivity contribution < 1.29 is 4.79 Å². The maximum absolute atomic E-state index is 12.0. The van der Waals surface area contributed by atoms with Crippen molar-refractivity contribution in [1.29, 1.82) is 0 Å². The molecular formula is C14H19ClN2O. The molecule has 1 amide bonds. The van der Waals surface area contributed by atoms with Crippen molar-refractivity contribution in [2.75, 3.05) is 12.3 Å². The van der Waals surface area contributed by atoms with E-state index in [-0.39, 0.29) is 5.91 Å². The molecule has 1 aliphatic carbocycles. The van der Waals surface area contributed by atoms with Gasteiger partial charge in [-0.3, -0.25) is 4.79 Å². The van der Waals surface area contributed by atoms with Gasteiger partial charge in [0, 0.05) is 12.1 Å². The second-order valence-corrected chi connectivity index (χ2v) is 5.58. The zero-order valence-corrected chi connectivity index (χ0v) is 11.4. The Hall–Kier alpha value is -1.22. The van der Waals surface area contributed by atoms with Crippen molar-refractivity contribution >= 4 is 23.2 Å². The Morgan fingerprint density at radius 1 is 1.50 bits per heavy atom. The van der Waals surface area contributed by atoms with Gasteiger partial charge in [0.15, 0.2) is 0 Å². The van der Waals surface area contributed by atoms with Crippen LogP contribution in [0.5, 0.6) is 0 Å². The third-order valence-electron chi connectivity index (χ3n) is 3.62. The highest BCUT2D eigenvalue weighted by Crippen LogP contribution is 2.48. The van der Waals surface area contributed by atoms with E-state index in [9.17, 15) is 4.79 Å². The van der Waals surface area contributed by atoms with Crippen LogP contribution < -0.4 is 11.1 Å². The molecule has 1 aromatic rings. The van der Waals surface area contributed by atoms with Crippen LogP contribution in [0.1, 0.15) is 43.0 Å². The Balaban J connectivity index is 1.93. The maximum atomic E-state index is 12.0. The maximum Gasteiger partial charge on any atom is 0.251 e. The van der Waals surface area contributed by atoms with Crippen molar-refractivity contribution in [3.8, 4) is 0 Å². The second-order valence-electron chi connectivity index (χ2n) is 5.17. The first-order chi connectivity index (χ1) is 8.56. The molecule has 0 aromatic heterocycles. The van der Waals surface area contributed by atoms with Gasteiger partial charge in [0.2, 0.25) is 0 Å². The van der Waals surface area contributed by atoms with Gasteiger partial charge in [-0.15, -0.1) is 0 Å². The molecule has 0 aliphatic heterocycles. The molecule has 1 aliphatic rings. The fourth-order valence-corrected chi connectivity index (χ4v) is 2.44. The van der Waals surface area contributed by atoms with Gasteiger partial charge < -0.3 is 11.1 Å². The third kappa shape index (κ3) is 2.96. The Labute approximate surface area is 113 Å². The molecular weight excluding hydrogens is 248 g/mol. The van der Waals surface area contributed by atoms with Crippen LogP contribution in [0.4, 0.5) is 5.69 Å². The number of nitrogens with one attached hydrogen (secondary N) is 1. The van der Waals surface area contributed by atoms with Crippen LogP contribution in [0.15, 0.2) is 18.2 Å². The lowest BCUT2D eigenvalue weighted by molar-refractivity contribution is 0.0944. The number of benzene rings is 1. The number of hydrogen-bond acceptors (Lipinski definition) is 2. The Morgan fingerprint density at radius 2 is 2.22 bits per heavy atom. The summed E-state index contributed by atoms with van der Waals surface area (Å²) in [5.41, 5.74) is 7.05. The molecule has 1 saturated carbocycles. The molecule has 98 valence electrons. The quantitative estimate of drug-likeness (QED) is 0.804. The average Bonchev–Trinajstić information content (AvgIpc) is 3.11. The standard InChI is InChI=1S/C14H19ClN2O/c1-2-5-14(6-7-14)9-17-13(18)10-3-4-12(16)11(15)8-10/h3-4,8H,2,5-7,9,16H2,1H3,(H,17,18). The lowest BCUT2D eigenvalue weighted by Gasteiger charge is -2.15. The second kappa shape index (κ2) is 5.19. The lowest BCUT2D eigenvalue weighted by atomic mass is 10.0. The summed E-state index contributed by atoms with van der Waals surface area (Å²) in [5.74, 6) is -0.0701. The minimum Gasteiger partial charge on any atom is -0.398 e. The summed E-state index contributed by atoms with van der Waals surface area (Å²) >= 11 is 5.91. The molecule has 0 spiro atoms. The van der Waals surface area contributed by atoms with E-state index < -0.39 is 0 Å². The van der Waals surface area contributed by atoms with Crippen molar-refractivity contribution in [2.45, 2.75) is 32.6 Å². The Kier molecular flexibility index (Phi) is 3.81. The number of hydrogen-bond donors (Lipinski definition) is 2. The fourth-order valence-electron chi connectivity index (χ4n) is 2.26. The minimum atomic E-state index is -0.0701. The predicted molar refractivity (Wildman–Crippen MR) is 74.8 cm³/mol. The number of carbonyl (C=O) groups excluding carboxylic acids is 1. The molecule has 0 saturated heterocycles. The molecule has 0 unspecified atom stereocenters. The number of amides is 1. The van der Waals surface area contributed by atoms with Crippen molar-refractivity contribution in [3.05, 3.63) is 28.8 Å². The normalized spacial score (nSPS) is 16.3. The van der Waals surface area contributed by atoms with Crippen LogP contribution >= 0.6 is 11.6 Å². The summed E-state index contributed by atoms with van der Waals surface area (Å²) in [6.07, 6.45) is 4.81. The highest BCUT2D eigenvalue weighted by atomic mass is 35.5. The average molecular weight is 267 g/mol. The number of anilines is 1. The molecule has 4 heteroatoms. The van der Waals surface area contributed by atoms with E-state index in [1.807, 2.05) is 0 Å². The van der Waals surface area contributed by atoms with Gasteiger partial charge in [-0.05, 0) is 42.9 Å². The highest BCUT2D eigenvalue weighted by Gasteiger charge is 2.41. The van der Waals surface area contributed by atoms with Gasteiger partial charge in [-0.25, -0.2) is 0 Å². The van der Waals surface area contributed by atoms with Gasteiger partial charge in [-0.2, -0.15) is 0 Å². The van der Waals surface area contributed by atoms with Gasteiger partial charge in [-0.1, -0.05) is 24.9 Å². The summed E-state index contributed by atoms with van der Waals surface area (Å²) in [6, 6.07) is 4.98. The highest BCUT2D eigenvalue weighted by molar-refractivity contribution is 6.33. The first-order valence-electron chi connectivity index (χ1n) is 6.39. The van der Waals surface area contributed by atoms with Crippen LogP contribution in [-0.2, 0) is 0 Å². The monoisotopic (exact) mass is 266 g/mol. The molecule has 0 radical (unpaired) electrons. The molecule has 1 aromatic carbocycles. The van der Waals surface area contributed by atoms with Gasteiger partial charge in [0.25, 0.3) is 5.91 Å². The number of rotatable bonds is 5. The van der Waals surface area contributed by atoms with E-state index in [4.69, 9.17) is 17.3 Å². The number of carbonyl (C=O) groups is 1. The zero-order chi connectivity index (χ0) is 13.2. The first kappa shape index (κ1) is 13.2. The van der Waals surface area contributed by atoms with Crippen LogP contribution in [-0.4, -0.2) is 12.5 Å². The van der Waals surface area contributed by atoms with Gasteiger partial charge in [0.05, 0.1) is 10.7 Å². The van der Waals surface area contributed by atoms with Gasteiger partial charge in [0.1, 0.15) is 0 Å². The van der Waals surface area contributed by atoms with E-state index in [0.717, 1.165) is 6.54 Å². The van der Waals surface area contributed by atoms with Crippen molar-refractivity contribution in [3.63, 3.8) is 0 Å². The molecule has 3 nitrogen and oxygen atoms in total. The molecule has 18 heavy (non-hydrogen) atoms. The lowest BCUT2D eigenvalue weighted by Crippen LogP contribution is -2.30. The summed E-state index contributed by atoms with van der Waals surface area (Å²) in [7, 11) is 0. The molecule has 0 atom stereocenters. The largest absolute Gasteiger partial charge is 0.398 e. The van der Waals surface area contributed by atoms with Crippen molar-refractivity contribution in [2.24, 2.45) is 5.41 Å². The van der Waals surface area contributed by atoms with Gasteiger partial charge >= 0.3 is 0 Å². The fraction of sp³-hybridized carbons (Fsp3) is 0.500. The topological polar surface area (TPSA) is 55.1 Å². The smallest absolute Gasteiger partial charge is 0.251 e. The summed E-state index contributed by atoms with van der Waals surface area (Å²) < 4.78 is 0. The van der Waals surface area contributed by atoms with Crippen LogP contribution in [0.25, 0.3) is 0 Å². The molecule has 0 heterocycles. The Bertz CT molecular complexity index is 455. The van der Waals surface area contributed by atoms with E-state index in [2.05, 4.69) is 12.2 Å². The third-order valence-corrected chi connectivity index (χ3v) is 3.95. The van der Waals surface area contributed by atoms with E-state index in [0.29, 0.717) is 21.7 Å². The summed E-state index contributed by atoms with van der Waals surface area (Å²) in [4.78, 5) is 12.0. The zero-order valence-electron chi connectivity index (χ0n) is 10.6. The number of nitrogens with two attached hydrogens (primary N) is 1. The summed E-state index contributed by atoms with van der Waals surface area (Å²) in [5, 5.41) is 3.42. The predicted octanol–water partition coefficient (Wildman–Crippen LogP) is 3.23. The van der Waals surface area contributed by atoms with Crippen LogP contribution in [0, 0.1) is 5.41 Å². The molecule has 0 bridgehead atoms.